The lowest BCUT2D eigenvalue weighted by Gasteiger charge is -2.34. The minimum atomic E-state index is -3.68. The number of halogens is 3. The van der Waals surface area contributed by atoms with Crippen molar-refractivity contribution in [3.63, 3.8) is 0 Å². The minimum Gasteiger partial charge on any atom is -0.340 e. The van der Waals surface area contributed by atoms with Crippen LogP contribution < -0.4 is 0 Å². The van der Waals surface area contributed by atoms with Crippen LogP contribution in [0.5, 0.6) is 0 Å². The monoisotopic (exact) mass is 446 g/mol. The Balaban J connectivity index is 1.65. The van der Waals surface area contributed by atoms with Crippen LogP contribution in [0.25, 0.3) is 0 Å². The van der Waals surface area contributed by atoms with Crippen LogP contribution in [0.3, 0.4) is 0 Å². The number of sulfonamides is 1. The average Bonchev–Trinajstić information content (AvgIpc) is 2.65. The molecule has 3 rings (SSSR count). The molecule has 0 aliphatic carbocycles. The van der Waals surface area contributed by atoms with Crippen molar-refractivity contribution in [3.8, 4) is 0 Å². The molecule has 0 radical (unpaired) electrons. The molecule has 27 heavy (non-hydrogen) atoms. The topological polar surface area (TPSA) is 57.7 Å². The molecular weight excluding hydrogens is 431 g/mol. The highest BCUT2D eigenvalue weighted by Gasteiger charge is 2.30. The van der Waals surface area contributed by atoms with Gasteiger partial charge in [0, 0.05) is 31.2 Å². The lowest BCUT2D eigenvalue weighted by Crippen LogP contribution is -2.50. The summed E-state index contributed by atoms with van der Waals surface area (Å²) in [5, 5.41) is 1.03. The SMILES string of the molecule is O=C(Cc1ccccc1Cl)N1CCN(S(=O)(=O)c2ccc(Cl)c(Cl)c2)CC1. The zero-order valence-electron chi connectivity index (χ0n) is 14.2. The van der Waals surface area contributed by atoms with Gasteiger partial charge < -0.3 is 4.90 Å². The highest BCUT2D eigenvalue weighted by atomic mass is 35.5. The molecule has 9 heteroatoms. The molecule has 1 heterocycles. The van der Waals surface area contributed by atoms with E-state index in [1.165, 1.54) is 22.5 Å². The first kappa shape index (κ1) is 20.4. The summed E-state index contributed by atoms with van der Waals surface area (Å²) in [7, 11) is -3.68. The van der Waals surface area contributed by atoms with E-state index in [1.54, 1.807) is 11.0 Å². The molecular formula is C18H17Cl3N2O3S. The second-order valence-electron chi connectivity index (χ2n) is 6.13. The first-order valence-corrected chi connectivity index (χ1v) is 10.8. The molecule has 2 aromatic carbocycles. The fourth-order valence-electron chi connectivity index (χ4n) is 2.88. The Hall–Kier alpha value is -1.31. The maximum atomic E-state index is 12.8. The summed E-state index contributed by atoms with van der Waals surface area (Å²) in [6.45, 7) is 1.08. The van der Waals surface area contributed by atoms with Crippen LogP contribution in [0.4, 0.5) is 0 Å². The molecule has 5 nitrogen and oxygen atoms in total. The number of amides is 1. The van der Waals surface area contributed by atoms with Crippen molar-refractivity contribution in [1.82, 2.24) is 9.21 Å². The Kier molecular flexibility index (Phi) is 6.33. The molecule has 0 atom stereocenters. The van der Waals surface area contributed by atoms with Crippen LogP contribution in [0, 0.1) is 0 Å². The van der Waals surface area contributed by atoms with Crippen molar-refractivity contribution < 1.29 is 13.2 Å². The van der Waals surface area contributed by atoms with Gasteiger partial charge in [0.05, 0.1) is 21.4 Å². The lowest BCUT2D eigenvalue weighted by molar-refractivity contribution is -0.131. The van der Waals surface area contributed by atoms with E-state index in [0.29, 0.717) is 23.1 Å². The van der Waals surface area contributed by atoms with Crippen LogP contribution in [0.2, 0.25) is 15.1 Å². The van der Waals surface area contributed by atoms with Gasteiger partial charge in [0.1, 0.15) is 0 Å². The van der Waals surface area contributed by atoms with Crippen LogP contribution in [0.1, 0.15) is 5.56 Å². The second kappa shape index (κ2) is 8.37. The molecule has 0 spiro atoms. The van der Waals surface area contributed by atoms with E-state index >= 15 is 0 Å². The summed E-state index contributed by atoms with van der Waals surface area (Å²) in [5.41, 5.74) is 0.759. The Bertz CT molecular complexity index is 958. The smallest absolute Gasteiger partial charge is 0.243 e. The van der Waals surface area contributed by atoms with Crippen molar-refractivity contribution in [2.24, 2.45) is 0 Å². The Labute approximate surface area is 173 Å². The van der Waals surface area contributed by atoms with Gasteiger partial charge in [-0.2, -0.15) is 4.31 Å². The summed E-state index contributed by atoms with van der Waals surface area (Å²) in [6, 6.07) is 11.4. The summed E-state index contributed by atoms with van der Waals surface area (Å²) < 4.78 is 26.9. The normalized spacial score (nSPS) is 15.7. The lowest BCUT2D eigenvalue weighted by atomic mass is 10.1. The summed E-state index contributed by atoms with van der Waals surface area (Å²) in [6.07, 6.45) is 0.194. The number of hydrogen-bond donors (Lipinski definition) is 0. The number of hydrogen-bond acceptors (Lipinski definition) is 3. The van der Waals surface area contributed by atoms with Crippen LogP contribution >= 0.6 is 34.8 Å². The third-order valence-corrected chi connectivity index (χ3v) is 7.42. The second-order valence-corrected chi connectivity index (χ2v) is 9.29. The van der Waals surface area contributed by atoms with E-state index in [9.17, 15) is 13.2 Å². The van der Waals surface area contributed by atoms with Crippen molar-refractivity contribution in [2.75, 3.05) is 26.2 Å². The summed E-state index contributed by atoms with van der Waals surface area (Å²) >= 11 is 17.9. The van der Waals surface area contributed by atoms with Gasteiger partial charge in [-0.05, 0) is 29.8 Å². The number of carbonyl (C=O) groups excluding carboxylic acids is 1. The van der Waals surface area contributed by atoms with Gasteiger partial charge >= 0.3 is 0 Å². The fraction of sp³-hybridized carbons (Fsp3) is 0.278. The minimum absolute atomic E-state index is 0.0744. The zero-order chi connectivity index (χ0) is 19.6. The van der Waals surface area contributed by atoms with Crippen LogP contribution in [0.15, 0.2) is 47.4 Å². The van der Waals surface area contributed by atoms with E-state index < -0.39 is 10.0 Å². The Morgan fingerprint density at radius 3 is 2.19 bits per heavy atom. The maximum Gasteiger partial charge on any atom is 0.243 e. The number of nitrogens with zero attached hydrogens (tertiary/aromatic N) is 2. The first-order valence-electron chi connectivity index (χ1n) is 8.25. The van der Waals surface area contributed by atoms with Crippen LogP contribution in [-0.2, 0) is 21.2 Å². The fourth-order valence-corrected chi connectivity index (χ4v) is 4.90. The van der Waals surface area contributed by atoms with E-state index in [2.05, 4.69) is 0 Å². The van der Waals surface area contributed by atoms with Gasteiger partial charge in [-0.1, -0.05) is 53.0 Å². The van der Waals surface area contributed by atoms with E-state index in [-0.39, 0.29) is 35.3 Å². The van der Waals surface area contributed by atoms with E-state index in [1.807, 2.05) is 18.2 Å². The predicted octanol–water partition coefficient (Wildman–Crippen LogP) is 3.72. The van der Waals surface area contributed by atoms with E-state index in [0.717, 1.165) is 5.56 Å². The third kappa shape index (κ3) is 4.58. The molecule has 1 aliphatic rings. The van der Waals surface area contributed by atoms with Gasteiger partial charge in [-0.25, -0.2) is 8.42 Å². The molecule has 144 valence electrons. The molecule has 0 N–H and O–H groups in total. The number of rotatable bonds is 4. The van der Waals surface area contributed by atoms with Gasteiger partial charge in [-0.3, -0.25) is 4.79 Å². The third-order valence-electron chi connectivity index (χ3n) is 4.42. The highest BCUT2D eigenvalue weighted by Crippen LogP contribution is 2.27. The number of benzene rings is 2. The number of carbonyl (C=O) groups is 1. The number of piperazine rings is 1. The summed E-state index contributed by atoms with van der Waals surface area (Å²) in [5.74, 6) is -0.0744. The molecule has 0 bridgehead atoms. The largest absolute Gasteiger partial charge is 0.340 e. The molecule has 0 saturated carbocycles. The Morgan fingerprint density at radius 2 is 1.56 bits per heavy atom. The quantitative estimate of drug-likeness (QED) is 0.718. The Morgan fingerprint density at radius 1 is 0.889 bits per heavy atom. The molecule has 0 aromatic heterocycles. The van der Waals surface area contributed by atoms with Crippen molar-refractivity contribution >= 4 is 50.7 Å². The molecule has 1 saturated heterocycles. The summed E-state index contributed by atoms with van der Waals surface area (Å²) in [4.78, 5) is 14.2. The van der Waals surface area contributed by atoms with Crippen molar-refractivity contribution in [2.45, 2.75) is 11.3 Å². The molecule has 2 aromatic rings. The predicted molar refractivity (Wildman–Crippen MR) is 107 cm³/mol. The standard InChI is InChI=1S/C18H17Cl3N2O3S/c19-15-4-2-1-3-13(15)11-18(24)22-7-9-23(10-8-22)27(25,26)14-5-6-16(20)17(21)12-14/h1-6,12H,7-11H2. The van der Waals surface area contributed by atoms with Crippen LogP contribution in [-0.4, -0.2) is 49.7 Å². The van der Waals surface area contributed by atoms with Gasteiger partial charge in [-0.15, -0.1) is 0 Å². The van der Waals surface area contributed by atoms with Crippen molar-refractivity contribution in [3.05, 3.63) is 63.1 Å². The average molecular weight is 448 g/mol. The first-order chi connectivity index (χ1) is 12.8. The highest BCUT2D eigenvalue weighted by molar-refractivity contribution is 7.89. The van der Waals surface area contributed by atoms with Crippen molar-refractivity contribution in [1.29, 1.82) is 0 Å². The zero-order valence-corrected chi connectivity index (χ0v) is 17.3. The van der Waals surface area contributed by atoms with Gasteiger partial charge in [0.25, 0.3) is 0 Å². The van der Waals surface area contributed by atoms with E-state index in [4.69, 9.17) is 34.8 Å². The van der Waals surface area contributed by atoms with Gasteiger partial charge in [0.2, 0.25) is 15.9 Å². The maximum absolute atomic E-state index is 12.8. The molecule has 1 aliphatic heterocycles. The van der Waals surface area contributed by atoms with Gasteiger partial charge in [0.15, 0.2) is 0 Å². The molecule has 1 fully saturated rings. The molecule has 1 amide bonds. The molecule has 0 unspecified atom stereocenters.